The Morgan fingerprint density at radius 1 is 0.528 bits per heavy atom. The van der Waals surface area contributed by atoms with E-state index in [2.05, 4.69) is 49.6 Å². The largest absolute Gasteiger partial charge is 0.257 e. The highest BCUT2D eigenvalue weighted by atomic mass is 15.1. The van der Waals surface area contributed by atoms with Crippen LogP contribution in [0.15, 0.2) is 12.4 Å². The molecule has 0 aromatic carbocycles. The molecule has 0 saturated carbocycles. The molecule has 0 aliphatic carbocycles. The third kappa shape index (κ3) is 16.9. The van der Waals surface area contributed by atoms with Crippen molar-refractivity contribution in [3.8, 4) is 0 Å². The molecule has 0 aliphatic rings. The minimum absolute atomic E-state index is 0.621. The predicted octanol–water partition coefficient (Wildman–Crippen LogP) is 11.8. The van der Waals surface area contributed by atoms with Crippen LogP contribution in [0, 0.1) is 0 Å². The van der Waals surface area contributed by atoms with E-state index in [1.165, 1.54) is 166 Å². The molecule has 1 aromatic rings. The monoisotopic (exact) mass is 504 g/mol. The summed E-state index contributed by atoms with van der Waals surface area (Å²) >= 11 is 0. The Morgan fingerprint density at radius 2 is 0.889 bits per heavy atom. The molecule has 1 aromatic heterocycles. The van der Waals surface area contributed by atoms with Crippen LogP contribution >= 0.6 is 0 Å². The number of hydrogen-bond acceptors (Lipinski definition) is 0. The number of rotatable bonds is 27. The topological polar surface area (TPSA) is 19.7 Å². The molecule has 2 unspecified atom stereocenters. The van der Waals surface area contributed by atoms with Crippen LogP contribution in [0.25, 0.3) is 0 Å². The molecule has 2 nitrogen and oxygen atoms in total. The SMILES string of the molecule is CCCCCCCCCCCCC(CCCCCCCCCCC)c1[nH]cc[n+]1C(C)CCCCC. The second-order valence-electron chi connectivity index (χ2n) is 11.9. The van der Waals surface area contributed by atoms with E-state index in [-0.39, 0.29) is 0 Å². The van der Waals surface area contributed by atoms with Gasteiger partial charge in [-0.15, -0.1) is 0 Å². The maximum atomic E-state index is 3.71. The first-order valence-corrected chi connectivity index (χ1v) is 16.8. The van der Waals surface area contributed by atoms with Gasteiger partial charge in [-0.3, -0.25) is 0 Å². The van der Waals surface area contributed by atoms with Gasteiger partial charge in [0.2, 0.25) is 0 Å². The minimum Gasteiger partial charge on any atom is -0.247 e. The number of unbranched alkanes of at least 4 members (excludes halogenated alkanes) is 19. The molecule has 2 atom stereocenters. The molecule has 1 N–H and O–H groups in total. The predicted molar refractivity (Wildman–Crippen MR) is 161 cm³/mol. The fourth-order valence-corrected chi connectivity index (χ4v) is 5.90. The van der Waals surface area contributed by atoms with E-state index in [0.717, 1.165) is 0 Å². The van der Waals surface area contributed by atoms with Crippen LogP contribution in [0.3, 0.4) is 0 Å². The summed E-state index contributed by atoms with van der Waals surface area (Å²) in [5.41, 5.74) is 0. The molecule has 212 valence electrons. The quantitative estimate of drug-likeness (QED) is 0.0909. The Morgan fingerprint density at radius 3 is 1.33 bits per heavy atom. The highest BCUT2D eigenvalue weighted by molar-refractivity contribution is 4.90. The van der Waals surface area contributed by atoms with E-state index in [1.54, 1.807) is 0 Å². The first-order chi connectivity index (χ1) is 17.7. The molecular weight excluding hydrogens is 436 g/mol. The van der Waals surface area contributed by atoms with Crippen molar-refractivity contribution >= 4 is 0 Å². The first-order valence-electron chi connectivity index (χ1n) is 16.8. The smallest absolute Gasteiger partial charge is 0.247 e. The van der Waals surface area contributed by atoms with E-state index >= 15 is 0 Å². The van der Waals surface area contributed by atoms with Crippen LogP contribution in [0.2, 0.25) is 0 Å². The minimum atomic E-state index is 0.621. The molecule has 0 radical (unpaired) electrons. The number of hydrogen-bond donors (Lipinski definition) is 1. The van der Waals surface area contributed by atoms with Gasteiger partial charge in [0.15, 0.2) is 0 Å². The molecule has 1 heterocycles. The van der Waals surface area contributed by atoms with Crippen molar-refractivity contribution < 1.29 is 4.57 Å². The Bertz CT molecular complexity index is 563. The van der Waals surface area contributed by atoms with Crippen LogP contribution in [0.1, 0.15) is 206 Å². The lowest BCUT2D eigenvalue weighted by Gasteiger charge is -2.17. The second-order valence-corrected chi connectivity index (χ2v) is 11.9. The van der Waals surface area contributed by atoms with Crippen molar-refractivity contribution in [3.05, 3.63) is 18.2 Å². The average Bonchev–Trinajstić information content (AvgIpc) is 3.37. The fraction of sp³-hybridized carbons (Fsp3) is 0.912. The van der Waals surface area contributed by atoms with Crippen LogP contribution in [0.5, 0.6) is 0 Å². The van der Waals surface area contributed by atoms with Crippen LogP contribution in [-0.4, -0.2) is 4.98 Å². The third-order valence-corrected chi connectivity index (χ3v) is 8.39. The lowest BCUT2D eigenvalue weighted by atomic mass is 9.92. The van der Waals surface area contributed by atoms with E-state index in [0.29, 0.717) is 12.0 Å². The Kier molecular flexibility index (Phi) is 22.7. The molecule has 0 spiro atoms. The maximum Gasteiger partial charge on any atom is 0.257 e. The summed E-state index contributed by atoms with van der Waals surface area (Å²) in [6.45, 7) is 9.37. The number of imidazole rings is 1. The summed E-state index contributed by atoms with van der Waals surface area (Å²) in [4.78, 5) is 3.71. The Balaban J connectivity index is 2.43. The zero-order valence-electron chi connectivity index (χ0n) is 25.4. The zero-order chi connectivity index (χ0) is 26.1. The lowest BCUT2D eigenvalue weighted by Crippen LogP contribution is -2.41. The van der Waals surface area contributed by atoms with Crippen LogP contribution < -0.4 is 4.57 Å². The fourth-order valence-electron chi connectivity index (χ4n) is 5.90. The summed E-state index contributed by atoms with van der Waals surface area (Å²) in [6, 6.07) is 0.621. The molecular formula is C34H67N2+. The van der Waals surface area contributed by atoms with Crippen molar-refractivity contribution in [2.45, 2.75) is 200 Å². The molecule has 0 fully saturated rings. The molecule has 2 heteroatoms. The van der Waals surface area contributed by atoms with Gasteiger partial charge in [0.1, 0.15) is 12.4 Å². The van der Waals surface area contributed by atoms with Gasteiger partial charge in [0, 0.05) is 0 Å². The molecule has 0 bridgehead atoms. The summed E-state index contributed by atoms with van der Waals surface area (Å²) in [5, 5.41) is 0. The van der Waals surface area contributed by atoms with Gasteiger partial charge >= 0.3 is 0 Å². The van der Waals surface area contributed by atoms with Gasteiger partial charge in [0.05, 0.1) is 12.0 Å². The molecule has 36 heavy (non-hydrogen) atoms. The Hall–Kier alpha value is -0.790. The highest BCUT2D eigenvalue weighted by Crippen LogP contribution is 2.27. The van der Waals surface area contributed by atoms with Crippen molar-refractivity contribution in [1.82, 2.24) is 4.98 Å². The molecule has 1 rings (SSSR count). The van der Waals surface area contributed by atoms with Gasteiger partial charge in [-0.25, -0.2) is 9.55 Å². The molecule has 0 amide bonds. The van der Waals surface area contributed by atoms with Crippen LogP contribution in [0.4, 0.5) is 0 Å². The van der Waals surface area contributed by atoms with Gasteiger partial charge in [-0.05, 0) is 32.6 Å². The first kappa shape index (κ1) is 33.2. The highest BCUT2D eigenvalue weighted by Gasteiger charge is 2.25. The number of nitrogens with zero attached hydrogens (tertiary/aromatic N) is 1. The van der Waals surface area contributed by atoms with E-state index in [1.807, 2.05) is 0 Å². The maximum absolute atomic E-state index is 3.71. The van der Waals surface area contributed by atoms with E-state index in [9.17, 15) is 0 Å². The lowest BCUT2D eigenvalue weighted by molar-refractivity contribution is -0.727. The number of aromatic amines is 1. The summed E-state index contributed by atoms with van der Waals surface area (Å²) in [6.07, 6.45) is 39.8. The van der Waals surface area contributed by atoms with Crippen molar-refractivity contribution in [2.75, 3.05) is 0 Å². The molecule has 0 aliphatic heterocycles. The summed E-state index contributed by atoms with van der Waals surface area (Å²) < 4.78 is 2.60. The van der Waals surface area contributed by atoms with Gasteiger partial charge < -0.3 is 0 Å². The number of nitrogens with one attached hydrogen (secondary N) is 1. The van der Waals surface area contributed by atoms with Crippen molar-refractivity contribution in [1.29, 1.82) is 0 Å². The number of H-pyrrole nitrogens is 1. The van der Waals surface area contributed by atoms with Crippen molar-refractivity contribution in [2.24, 2.45) is 0 Å². The van der Waals surface area contributed by atoms with Crippen molar-refractivity contribution in [3.63, 3.8) is 0 Å². The van der Waals surface area contributed by atoms with E-state index in [4.69, 9.17) is 0 Å². The van der Waals surface area contributed by atoms with Crippen LogP contribution in [-0.2, 0) is 0 Å². The van der Waals surface area contributed by atoms with Gasteiger partial charge in [-0.2, -0.15) is 0 Å². The second kappa shape index (κ2) is 24.5. The zero-order valence-corrected chi connectivity index (χ0v) is 25.4. The number of aromatic nitrogens is 2. The van der Waals surface area contributed by atoms with E-state index < -0.39 is 0 Å². The normalized spacial score (nSPS) is 13.3. The molecule has 0 saturated heterocycles. The Labute approximate surface area is 227 Å². The summed E-state index contributed by atoms with van der Waals surface area (Å²) in [7, 11) is 0. The van der Waals surface area contributed by atoms with Gasteiger partial charge in [-0.1, -0.05) is 156 Å². The standard InChI is InChI=1S/C34H66N2/c1-5-8-11-13-15-17-19-21-23-26-29-33(28-25-22-20-18-16-14-12-9-6-2)34-35-30-31-36(34)32(4)27-24-10-7-3/h30-33H,5-29H2,1-4H3/p+1. The third-order valence-electron chi connectivity index (χ3n) is 8.39. The summed E-state index contributed by atoms with van der Waals surface area (Å²) in [5.74, 6) is 2.24. The average molecular weight is 504 g/mol. The van der Waals surface area contributed by atoms with Gasteiger partial charge in [0.25, 0.3) is 5.82 Å².